The summed E-state index contributed by atoms with van der Waals surface area (Å²) < 4.78 is 45.9. The Morgan fingerprint density at radius 1 is 1.07 bits per heavy atom. The van der Waals surface area contributed by atoms with Gasteiger partial charge in [-0.3, -0.25) is 14.5 Å². The molecule has 0 radical (unpaired) electrons. The van der Waals surface area contributed by atoms with Gasteiger partial charge in [-0.05, 0) is 11.6 Å². The molecule has 1 fully saturated rings. The third-order valence-electron chi connectivity index (χ3n) is 6.70. The molecule has 1 aliphatic rings. The zero-order valence-electron chi connectivity index (χ0n) is 23.0. The Balaban J connectivity index is 0.000000517. The number of carbonyl (C=O) groups excluding carboxylic acids is 1. The molecule has 224 valence electrons. The van der Waals surface area contributed by atoms with Crippen molar-refractivity contribution in [3.05, 3.63) is 75.4 Å². The van der Waals surface area contributed by atoms with E-state index in [0.717, 1.165) is 34.3 Å². The second-order valence-corrected chi connectivity index (χ2v) is 10.6. The molecule has 3 heterocycles. The fraction of sp³-hybridized carbons (Fsp3) is 0.345. The Hall–Kier alpha value is -3.94. The highest BCUT2D eigenvalue weighted by molar-refractivity contribution is 7.22. The van der Waals surface area contributed by atoms with Gasteiger partial charge in [-0.2, -0.15) is 13.2 Å². The maximum absolute atomic E-state index is 13.7. The van der Waals surface area contributed by atoms with Crippen LogP contribution in [0.2, 0.25) is 0 Å². The van der Waals surface area contributed by atoms with E-state index in [-0.39, 0.29) is 11.5 Å². The lowest BCUT2D eigenvalue weighted by Gasteiger charge is -2.26. The van der Waals surface area contributed by atoms with E-state index in [4.69, 9.17) is 19.4 Å². The largest absolute Gasteiger partial charge is 0.490 e. The van der Waals surface area contributed by atoms with Crippen molar-refractivity contribution in [2.75, 3.05) is 46.5 Å². The second-order valence-electron chi connectivity index (χ2n) is 9.60. The highest BCUT2D eigenvalue weighted by Crippen LogP contribution is 2.40. The summed E-state index contributed by atoms with van der Waals surface area (Å²) in [5.41, 5.74) is 1.73. The lowest BCUT2D eigenvalue weighted by Crippen LogP contribution is -2.38. The fourth-order valence-corrected chi connectivity index (χ4v) is 5.78. The highest BCUT2D eigenvalue weighted by Gasteiger charge is 2.38. The zero-order chi connectivity index (χ0) is 30.4. The molecule has 0 spiro atoms. The van der Waals surface area contributed by atoms with Gasteiger partial charge in [0.05, 0.1) is 23.4 Å². The Bertz CT molecular complexity index is 1610. The number of hydrogen-bond donors (Lipinski definition) is 1. The number of carbonyl (C=O) groups is 2. The number of ether oxygens (including phenoxy) is 2. The Morgan fingerprint density at radius 2 is 1.69 bits per heavy atom. The summed E-state index contributed by atoms with van der Waals surface area (Å²) in [7, 11) is 3.55. The summed E-state index contributed by atoms with van der Waals surface area (Å²) in [6.07, 6.45) is -5.08. The molecule has 1 amide bonds. The molecule has 13 heteroatoms. The third kappa shape index (κ3) is 7.09. The van der Waals surface area contributed by atoms with E-state index in [1.54, 1.807) is 23.6 Å². The number of hydrogen-bond acceptors (Lipinski definition) is 7. The Kier molecular flexibility index (Phi) is 9.86. The summed E-state index contributed by atoms with van der Waals surface area (Å²) in [5.74, 6) is -2.51. The number of carboxylic acids is 1. The smallest absolute Gasteiger partial charge is 0.490 e. The summed E-state index contributed by atoms with van der Waals surface area (Å²) in [5, 5.41) is 8.55. The minimum absolute atomic E-state index is 0.150. The number of benzene rings is 2. The monoisotopic (exact) mass is 605 g/mol. The average Bonchev–Trinajstić information content (AvgIpc) is 3.36. The SMILES string of the molecule is CN(Cc1ccccc1)C(=O)c1sc2c(c1OCCN1CCOCC1)c(=O)n(C)c1ccccc21.O=C(O)C(F)(F)F. The minimum atomic E-state index is -5.08. The molecule has 0 bridgehead atoms. The van der Waals surface area contributed by atoms with Crippen LogP contribution in [0.4, 0.5) is 13.2 Å². The van der Waals surface area contributed by atoms with Crippen LogP contribution in [0.15, 0.2) is 59.4 Å². The van der Waals surface area contributed by atoms with E-state index in [1.165, 1.54) is 11.3 Å². The van der Waals surface area contributed by atoms with E-state index in [2.05, 4.69) is 4.90 Å². The third-order valence-corrected chi connectivity index (χ3v) is 7.89. The average molecular weight is 606 g/mol. The van der Waals surface area contributed by atoms with Crippen LogP contribution in [-0.4, -0.2) is 84.0 Å². The number of nitrogens with zero attached hydrogens (tertiary/aromatic N) is 3. The van der Waals surface area contributed by atoms with Gasteiger partial charge in [0.2, 0.25) is 0 Å². The molecule has 1 saturated heterocycles. The molecule has 0 unspecified atom stereocenters. The number of amides is 1. The number of morpholine rings is 1. The number of fused-ring (bicyclic) bond motifs is 3. The number of para-hydroxylation sites is 1. The van der Waals surface area contributed by atoms with Gasteiger partial charge in [-0.1, -0.05) is 48.5 Å². The number of carboxylic acid groups (broad SMARTS) is 1. The van der Waals surface area contributed by atoms with Crippen molar-refractivity contribution >= 4 is 44.2 Å². The molecule has 0 atom stereocenters. The van der Waals surface area contributed by atoms with Gasteiger partial charge < -0.3 is 24.0 Å². The maximum Gasteiger partial charge on any atom is 0.490 e. The van der Waals surface area contributed by atoms with Crippen LogP contribution < -0.4 is 10.3 Å². The number of rotatable bonds is 7. The molecule has 5 rings (SSSR count). The Labute approximate surface area is 243 Å². The van der Waals surface area contributed by atoms with Gasteiger partial charge in [0.1, 0.15) is 16.9 Å². The van der Waals surface area contributed by atoms with Crippen molar-refractivity contribution < 1.29 is 37.3 Å². The molecule has 1 aliphatic heterocycles. The van der Waals surface area contributed by atoms with Crippen molar-refractivity contribution in [3.63, 3.8) is 0 Å². The molecule has 0 saturated carbocycles. The van der Waals surface area contributed by atoms with Crippen molar-refractivity contribution in [1.29, 1.82) is 0 Å². The number of aromatic nitrogens is 1. The van der Waals surface area contributed by atoms with Gasteiger partial charge in [-0.15, -0.1) is 11.3 Å². The standard InChI is InChI=1S/C27H29N3O4S.C2HF3O2/c1-28(18-19-8-4-3-5-9-19)27(32)25-23(34-17-14-30-12-15-33-16-13-30)22-24(35-25)20-10-6-7-11-21(20)29(2)26(22)31;3-2(4,5)1(6)7/h3-11H,12-18H2,1-2H3;(H,6,7). The molecule has 9 nitrogen and oxygen atoms in total. The van der Waals surface area contributed by atoms with Crippen LogP contribution in [0.25, 0.3) is 21.0 Å². The maximum atomic E-state index is 13.7. The van der Waals surface area contributed by atoms with Gasteiger partial charge in [0, 0.05) is 45.7 Å². The first-order chi connectivity index (χ1) is 20.0. The normalized spacial score (nSPS) is 13.9. The zero-order valence-corrected chi connectivity index (χ0v) is 23.8. The molecule has 42 heavy (non-hydrogen) atoms. The number of thiophene rings is 1. The predicted octanol–water partition coefficient (Wildman–Crippen LogP) is 4.37. The first-order valence-electron chi connectivity index (χ1n) is 13.1. The summed E-state index contributed by atoms with van der Waals surface area (Å²) in [6.45, 7) is 4.70. The van der Waals surface area contributed by atoms with Crippen molar-refractivity contribution in [2.45, 2.75) is 12.7 Å². The molecular formula is C29H30F3N3O6S. The van der Waals surface area contributed by atoms with Crippen molar-refractivity contribution in [3.8, 4) is 5.75 Å². The quantitative estimate of drug-likeness (QED) is 0.334. The van der Waals surface area contributed by atoms with Crippen LogP contribution >= 0.6 is 11.3 Å². The van der Waals surface area contributed by atoms with Crippen LogP contribution in [-0.2, 0) is 23.1 Å². The van der Waals surface area contributed by atoms with E-state index in [1.807, 2.05) is 54.6 Å². The van der Waals surface area contributed by atoms with Crippen LogP contribution in [0.3, 0.4) is 0 Å². The first-order valence-corrected chi connectivity index (χ1v) is 13.9. The van der Waals surface area contributed by atoms with Crippen LogP contribution in [0, 0.1) is 0 Å². The molecule has 0 aliphatic carbocycles. The molecule has 4 aromatic rings. The van der Waals surface area contributed by atoms with Gasteiger partial charge in [0.25, 0.3) is 11.5 Å². The predicted molar refractivity (Wildman–Crippen MR) is 153 cm³/mol. The van der Waals surface area contributed by atoms with Crippen LogP contribution in [0.1, 0.15) is 15.2 Å². The van der Waals surface area contributed by atoms with Gasteiger partial charge >= 0.3 is 12.1 Å². The Morgan fingerprint density at radius 3 is 2.33 bits per heavy atom. The lowest BCUT2D eigenvalue weighted by molar-refractivity contribution is -0.192. The lowest BCUT2D eigenvalue weighted by atomic mass is 10.1. The number of halogens is 3. The number of pyridine rings is 1. The highest BCUT2D eigenvalue weighted by atomic mass is 32.1. The summed E-state index contributed by atoms with van der Waals surface area (Å²) in [4.78, 5) is 40.4. The van der Waals surface area contributed by atoms with Crippen LogP contribution in [0.5, 0.6) is 5.75 Å². The van der Waals surface area contributed by atoms with Gasteiger partial charge in [-0.25, -0.2) is 4.79 Å². The van der Waals surface area contributed by atoms with E-state index in [0.29, 0.717) is 48.9 Å². The molecular weight excluding hydrogens is 575 g/mol. The molecule has 2 aromatic heterocycles. The molecule has 2 aromatic carbocycles. The molecule has 1 N–H and O–H groups in total. The first kappa shape index (κ1) is 31.0. The summed E-state index contributed by atoms with van der Waals surface area (Å²) in [6, 6.07) is 17.7. The number of aliphatic carboxylic acids is 1. The van der Waals surface area contributed by atoms with E-state index < -0.39 is 12.1 Å². The van der Waals surface area contributed by atoms with Crippen molar-refractivity contribution in [1.82, 2.24) is 14.4 Å². The minimum Gasteiger partial charge on any atom is -0.490 e. The fourth-order valence-electron chi connectivity index (χ4n) is 4.52. The van der Waals surface area contributed by atoms with E-state index >= 15 is 0 Å². The number of alkyl halides is 3. The topological polar surface area (TPSA) is 101 Å². The number of aryl methyl sites for hydroxylation is 1. The summed E-state index contributed by atoms with van der Waals surface area (Å²) >= 11 is 1.35. The van der Waals surface area contributed by atoms with Gasteiger partial charge in [0.15, 0.2) is 5.75 Å². The van der Waals surface area contributed by atoms with E-state index in [9.17, 15) is 22.8 Å². The second kappa shape index (κ2) is 13.4. The van der Waals surface area contributed by atoms with Crippen molar-refractivity contribution in [2.24, 2.45) is 7.05 Å².